The van der Waals surface area contributed by atoms with Crippen molar-refractivity contribution in [3.8, 4) is 0 Å². The minimum atomic E-state index is -1.07. The first-order chi connectivity index (χ1) is 14.6. The molecule has 5 nitrogen and oxygen atoms in total. The van der Waals surface area contributed by atoms with Gasteiger partial charge in [0.2, 0.25) is 0 Å². The fourth-order valence-corrected chi connectivity index (χ4v) is 3.10. The number of carboxylic acids is 1. The van der Waals surface area contributed by atoms with Crippen LogP contribution in [0.5, 0.6) is 0 Å². The minimum Gasteiger partial charge on any atom is -0.503 e. The molecule has 0 aromatic heterocycles. The molecule has 3 rings (SSSR count). The molecule has 30 heavy (non-hydrogen) atoms. The molecule has 0 saturated heterocycles. The number of carboxylic acid groups (broad SMARTS) is 1. The molecule has 0 aliphatic heterocycles. The van der Waals surface area contributed by atoms with Crippen molar-refractivity contribution in [3.05, 3.63) is 95.8 Å². The van der Waals surface area contributed by atoms with Gasteiger partial charge in [-0.1, -0.05) is 78.0 Å². The molecular formula is C25H23NO4. The first-order valence-corrected chi connectivity index (χ1v) is 9.47. The van der Waals surface area contributed by atoms with E-state index < -0.39 is 5.97 Å². The lowest BCUT2D eigenvalue weighted by Gasteiger charge is -2.09. The molecule has 5 heteroatoms. The van der Waals surface area contributed by atoms with Gasteiger partial charge in [-0.05, 0) is 34.9 Å². The topological polar surface area (TPSA) is 68.1 Å². The van der Waals surface area contributed by atoms with Crippen molar-refractivity contribution in [2.24, 2.45) is 5.16 Å². The van der Waals surface area contributed by atoms with Crippen molar-refractivity contribution in [1.29, 1.82) is 0 Å². The van der Waals surface area contributed by atoms with Gasteiger partial charge in [0, 0.05) is 5.56 Å². The van der Waals surface area contributed by atoms with E-state index in [-0.39, 0.29) is 12.2 Å². The highest BCUT2D eigenvalue weighted by Crippen LogP contribution is 2.21. The molecule has 0 aliphatic carbocycles. The Balaban J connectivity index is 1.72. The zero-order chi connectivity index (χ0) is 21.3. The molecule has 0 bridgehead atoms. The van der Waals surface area contributed by atoms with Crippen LogP contribution in [0.15, 0.2) is 84.2 Å². The predicted molar refractivity (Wildman–Crippen MR) is 120 cm³/mol. The van der Waals surface area contributed by atoms with Crippen LogP contribution in [0.1, 0.15) is 23.6 Å². The highest BCUT2D eigenvalue weighted by molar-refractivity contribution is 6.15. The van der Waals surface area contributed by atoms with E-state index >= 15 is 0 Å². The zero-order valence-electron chi connectivity index (χ0n) is 16.9. The summed E-state index contributed by atoms with van der Waals surface area (Å²) in [7, 11) is 1.41. The summed E-state index contributed by atoms with van der Waals surface area (Å²) in [5, 5.41) is 15.9. The number of methoxy groups -OCH3 is 1. The van der Waals surface area contributed by atoms with Crippen LogP contribution in [0, 0.1) is 0 Å². The van der Waals surface area contributed by atoms with E-state index in [0.717, 1.165) is 5.56 Å². The van der Waals surface area contributed by atoms with Crippen LogP contribution in [-0.4, -0.2) is 23.9 Å². The molecule has 0 saturated carbocycles. The number of aliphatic carboxylic acids is 1. The summed E-state index contributed by atoms with van der Waals surface area (Å²) in [5.74, 6) is -1.07. The Morgan fingerprint density at radius 2 is 1.77 bits per heavy atom. The Labute approximate surface area is 175 Å². The van der Waals surface area contributed by atoms with Gasteiger partial charge in [-0.2, -0.15) is 0 Å². The van der Waals surface area contributed by atoms with Crippen molar-refractivity contribution in [2.75, 3.05) is 7.11 Å². The normalized spacial score (nSPS) is 12.3. The minimum absolute atomic E-state index is 0.0632. The number of hydrogen-bond donors (Lipinski definition) is 1. The Bertz CT molecular complexity index is 1120. The van der Waals surface area contributed by atoms with Gasteiger partial charge < -0.3 is 14.7 Å². The Morgan fingerprint density at radius 3 is 2.57 bits per heavy atom. The fourth-order valence-electron chi connectivity index (χ4n) is 3.10. The number of nitrogens with zero attached hydrogens (tertiary/aromatic N) is 1. The Hall–Kier alpha value is -3.86. The SMILES string of the molecule is COC=C(C(=O)O)c1ccccc1CON=C(C)C=Cc1cccc2ccccc12. The summed E-state index contributed by atoms with van der Waals surface area (Å²) in [5.41, 5.74) is 3.10. The second-order valence-corrected chi connectivity index (χ2v) is 6.64. The van der Waals surface area contributed by atoms with Crippen molar-refractivity contribution >= 4 is 34.1 Å². The van der Waals surface area contributed by atoms with Crippen LogP contribution < -0.4 is 0 Å². The summed E-state index contributed by atoms with van der Waals surface area (Å²) in [6.45, 7) is 1.99. The van der Waals surface area contributed by atoms with Gasteiger partial charge >= 0.3 is 5.97 Å². The van der Waals surface area contributed by atoms with E-state index in [1.165, 1.54) is 24.1 Å². The second kappa shape index (κ2) is 10.1. The molecule has 0 amide bonds. The van der Waals surface area contributed by atoms with E-state index in [2.05, 4.69) is 29.4 Å². The van der Waals surface area contributed by atoms with Crippen LogP contribution in [-0.2, 0) is 21.0 Å². The first kappa shape index (κ1) is 20.9. The number of benzene rings is 3. The Kier molecular flexibility index (Phi) is 7.00. The summed E-state index contributed by atoms with van der Waals surface area (Å²) in [4.78, 5) is 17.0. The molecular weight excluding hydrogens is 378 g/mol. The smallest absolute Gasteiger partial charge is 0.339 e. The van der Waals surface area contributed by atoms with Crippen molar-refractivity contribution in [3.63, 3.8) is 0 Å². The van der Waals surface area contributed by atoms with E-state index in [4.69, 9.17) is 9.57 Å². The van der Waals surface area contributed by atoms with Gasteiger partial charge in [-0.15, -0.1) is 0 Å². The molecule has 0 radical (unpaired) electrons. The summed E-state index contributed by atoms with van der Waals surface area (Å²) in [6.07, 6.45) is 5.10. The van der Waals surface area contributed by atoms with Crippen LogP contribution in [0.2, 0.25) is 0 Å². The molecule has 0 heterocycles. The van der Waals surface area contributed by atoms with Crippen LogP contribution >= 0.6 is 0 Å². The first-order valence-electron chi connectivity index (χ1n) is 9.47. The van der Waals surface area contributed by atoms with E-state index in [1.807, 2.05) is 43.3 Å². The third kappa shape index (κ3) is 5.14. The third-order valence-electron chi connectivity index (χ3n) is 4.53. The third-order valence-corrected chi connectivity index (χ3v) is 4.53. The molecule has 0 spiro atoms. The number of rotatable bonds is 8. The average molecular weight is 401 g/mol. The van der Waals surface area contributed by atoms with Gasteiger partial charge in [0.15, 0.2) is 0 Å². The molecule has 0 atom stereocenters. The van der Waals surface area contributed by atoms with E-state index in [9.17, 15) is 9.90 Å². The summed E-state index contributed by atoms with van der Waals surface area (Å²) >= 11 is 0. The van der Waals surface area contributed by atoms with Crippen molar-refractivity contribution in [2.45, 2.75) is 13.5 Å². The molecule has 0 aliphatic rings. The highest BCUT2D eigenvalue weighted by atomic mass is 16.6. The number of fused-ring (bicyclic) bond motifs is 1. The summed E-state index contributed by atoms with van der Waals surface area (Å²) < 4.78 is 4.90. The Morgan fingerprint density at radius 1 is 1.03 bits per heavy atom. The van der Waals surface area contributed by atoms with Gasteiger partial charge in [0.05, 0.1) is 19.1 Å². The largest absolute Gasteiger partial charge is 0.503 e. The molecule has 152 valence electrons. The van der Waals surface area contributed by atoms with Gasteiger partial charge in [0.1, 0.15) is 12.2 Å². The molecule has 1 N–H and O–H groups in total. The lowest BCUT2D eigenvalue weighted by molar-refractivity contribution is -0.130. The molecule has 3 aromatic rings. The fraction of sp³-hybridized carbons (Fsp3) is 0.120. The average Bonchev–Trinajstić information content (AvgIpc) is 2.76. The monoisotopic (exact) mass is 401 g/mol. The maximum atomic E-state index is 11.5. The number of hydrogen-bond acceptors (Lipinski definition) is 4. The standard InChI is InChI=1S/C25H23NO4/c1-18(14-15-20-11-7-10-19-8-3-5-12-22(19)20)26-30-16-21-9-4-6-13-23(21)24(17-29-2)25(27)28/h3-15,17H,16H2,1-2H3,(H,27,28). The van der Waals surface area contributed by atoms with Crippen molar-refractivity contribution < 1.29 is 19.5 Å². The van der Waals surface area contributed by atoms with Crippen LogP contribution in [0.4, 0.5) is 0 Å². The van der Waals surface area contributed by atoms with Gasteiger partial charge in [-0.3, -0.25) is 0 Å². The van der Waals surface area contributed by atoms with E-state index in [1.54, 1.807) is 18.2 Å². The predicted octanol–water partition coefficient (Wildman–Crippen LogP) is 5.52. The maximum absolute atomic E-state index is 11.5. The highest BCUT2D eigenvalue weighted by Gasteiger charge is 2.15. The number of oxime groups is 1. The molecule has 0 fully saturated rings. The maximum Gasteiger partial charge on any atom is 0.339 e. The molecule has 3 aromatic carbocycles. The quantitative estimate of drug-likeness (QED) is 0.234. The number of carbonyl (C=O) groups is 1. The van der Waals surface area contributed by atoms with Crippen LogP contribution in [0.25, 0.3) is 22.4 Å². The number of allylic oxidation sites excluding steroid dienone is 1. The lowest BCUT2D eigenvalue weighted by Crippen LogP contribution is -2.04. The zero-order valence-corrected chi connectivity index (χ0v) is 16.9. The van der Waals surface area contributed by atoms with Gasteiger partial charge in [0.25, 0.3) is 0 Å². The summed E-state index contributed by atoms with van der Waals surface area (Å²) in [6, 6.07) is 21.5. The van der Waals surface area contributed by atoms with E-state index in [0.29, 0.717) is 16.8 Å². The van der Waals surface area contributed by atoms with Crippen LogP contribution in [0.3, 0.4) is 0 Å². The second-order valence-electron chi connectivity index (χ2n) is 6.64. The van der Waals surface area contributed by atoms with Crippen molar-refractivity contribution in [1.82, 2.24) is 0 Å². The van der Waals surface area contributed by atoms with Gasteiger partial charge in [-0.25, -0.2) is 4.79 Å². The lowest BCUT2D eigenvalue weighted by atomic mass is 10.0. The molecule has 0 unspecified atom stereocenters. The number of ether oxygens (including phenoxy) is 1.